The number of para-hydroxylation sites is 1. The van der Waals surface area contributed by atoms with Crippen LogP contribution >= 0.6 is 0 Å². The van der Waals surface area contributed by atoms with E-state index in [9.17, 15) is 29.1 Å². The Morgan fingerprint density at radius 1 is 1.11 bits per heavy atom. The van der Waals surface area contributed by atoms with Crippen LogP contribution in [-0.2, 0) is 30.3 Å². The van der Waals surface area contributed by atoms with Crippen molar-refractivity contribution >= 4 is 29.8 Å². The predicted molar refractivity (Wildman–Crippen MR) is 159 cm³/mol. The molecule has 0 radical (unpaired) electrons. The summed E-state index contributed by atoms with van der Waals surface area (Å²) in [7, 11) is 0. The number of alkyl carbamates (subject to hydrolysis) is 1. The molecule has 1 saturated heterocycles. The fraction of sp³-hybridized carbons (Fsp3) is 0.594. The molecule has 4 amide bonds. The lowest BCUT2D eigenvalue weighted by Gasteiger charge is -2.30. The number of allylic oxidation sites excluding steroid dienone is 1. The summed E-state index contributed by atoms with van der Waals surface area (Å²) in [5, 5.41) is 18.4. The van der Waals surface area contributed by atoms with Crippen molar-refractivity contribution in [3.63, 3.8) is 0 Å². The number of hydrogen-bond acceptors (Lipinski definition) is 7. The SMILES string of the molecule is CC(C)(C)OC(=O)N[C@H]1CCCCC/C=C\[C@@H]2C[C@@]2(C(=O)O)NC(=O)[C@@H]2C[C@@H](NC(=O)C3Cc4ccccc4O3)CN2C1=O. The highest BCUT2D eigenvalue weighted by Crippen LogP contribution is 2.45. The molecule has 1 unspecified atom stereocenters. The van der Waals surface area contributed by atoms with Gasteiger partial charge in [-0.1, -0.05) is 43.2 Å². The Kier molecular flexibility index (Phi) is 8.90. The number of carbonyl (C=O) groups is 5. The second-order valence-corrected chi connectivity index (χ2v) is 13.2. The molecule has 4 N–H and O–H groups in total. The van der Waals surface area contributed by atoms with E-state index < -0.39 is 59.2 Å². The summed E-state index contributed by atoms with van der Waals surface area (Å²) in [6, 6.07) is 4.79. The molecule has 12 heteroatoms. The van der Waals surface area contributed by atoms with Crippen LogP contribution in [0.4, 0.5) is 4.79 Å². The third kappa shape index (κ3) is 7.00. The van der Waals surface area contributed by atoms with Crippen molar-refractivity contribution in [1.29, 1.82) is 0 Å². The van der Waals surface area contributed by atoms with Crippen LogP contribution in [0, 0.1) is 5.92 Å². The molecule has 44 heavy (non-hydrogen) atoms. The summed E-state index contributed by atoms with van der Waals surface area (Å²) >= 11 is 0. The van der Waals surface area contributed by atoms with Gasteiger partial charge in [-0.05, 0) is 64.5 Å². The number of carboxylic acids is 1. The van der Waals surface area contributed by atoms with E-state index in [4.69, 9.17) is 9.47 Å². The Labute approximate surface area is 256 Å². The lowest BCUT2D eigenvalue weighted by molar-refractivity contribution is -0.145. The molecule has 3 aliphatic heterocycles. The van der Waals surface area contributed by atoms with Crippen LogP contribution in [-0.4, -0.2) is 81.7 Å². The maximum Gasteiger partial charge on any atom is 0.408 e. The quantitative estimate of drug-likeness (QED) is 0.378. The number of carbonyl (C=O) groups excluding carboxylic acids is 4. The fourth-order valence-corrected chi connectivity index (χ4v) is 6.28. The summed E-state index contributed by atoms with van der Waals surface area (Å²) < 4.78 is 11.2. The minimum absolute atomic E-state index is 0.0121. The number of fused-ring (bicyclic) bond motifs is 3. The van der Waals surface area contributed by atoms with E-state index in [0.29, 0.717) is 25.0 Å². The second kappa shape index (κ2) is 12.5. The molecular formula is C32H42N4O8. The van der Waals surface area contributed by atoms with Gasteiger partial charge in [0.2, 0.25) is 11.8 Å². The molecule has 1 aliphatic carbocycles. The summed E-state index contributed by atoms with van der Waals surface area (Å²) in [4.78, 5) is 67.4. The zero-order valence-corrected chi connectivity index (χ0v) is 25.5. The number of nitrogens with one attached hydrogen (secondary N) is 3. The first-order valence-corrected chi connectivity index (χ1v) is 15.4. The van der Waals surface area contributed by atoms with Crippen molar-refractivity contribution < 1.29 is 38.6 Å². The number of amides is 4. The normalized spacial score (nSPS) is 31.1. The number of benzene rings is 1. The van der Waals surface area contributed by atoms with Crippen molar-refractivity contribution in [1.82, 2.24) is 20.9 Å². The second-order valence-electron chi connectivity index (χ2n) is 13.2. The molecule has 1 aromatic rings. The molecule has 6 atom stereocenters. The van der Waals surface area contributed by atoms with E-state index in [1.54, 1.807) is 26.8 Å². The van der Waals surface area contributed by atoms with Crippen molar-refractivity contribution in [2.24, 2.45) is 5.92 Å². The van der Waals surface area contributed by atoms with Gasteiger partial charge in [-0.15, -0.1) is 0 Å². The van der Waals surface area contributed by atoms with Crippen LogP contribution in [0.25, 0.3) is 0 Å². The number of nitrogens with zero attached hydrogens (tertiary/aromatic N) is 1. The summed E-state index contributed by atoms with van der Waals surface area (Å²) in [5.74, 6) is -2.29. The molecule has 238 valence electrons. The van der Waals surface area contributed by atoms with Crippen LogP contribution < -0.4 is 20.7 Å². The Morgan fingerprint density at radius 2 is 1.89 bits per heavy atom. The third-order valence-corrected chi connectivity index (χ3v) is 8.64. The van der Waals surface area contributed by atoms with Gasteiger partial charge in [0.15, 0.2) is 6.10 Å². The molecular weight excluding hydrogens is 568 g/mol. The van der Waals surface area contributed by atoms with Gasteiger partial charge in [-0.25, -0.2) is 9.59 Å². The molecule has 5 rings (SSSR count). The highest BCUT2D eigenvalue weighted by Gasteiger charge is 2.61. The van der Waals surface area contributed by atoms with Crippen LogP contribution in [0.1, 0.15) is 71.3 Å². The number of rotatable bonds is 4. The van der Waals surface area contributed by atoms with Gasteiger partial charge in [0.05, 0.1) is 0 Å². The summed E-state index contributed by atoms with van der Waals surface area (Å²) in [6.07, 6.45) is 6.39. The van der Waals surface area contributed by atoms with E-state index >= 15 is 0 Å². The Bertz CT molecular complexity index is 1310. The van der Waals surface area contributed by atoms with Crippen LogP contribution in [0.3, 0.4) is 0 Å². The number of hydrogen-bond donors (Lipinski definition) is 4. The molecule has 2 fully saturated rings. The van der Waals surface area contributed by atoms with E-state index in [-0.39, 0.29) is 31.2 Å². The van der Waals surface area contributed by atoms with Crippen LogP contribution in [0.15, 0.2) is 36.4 Å². The zero-order chi connectivity index (χ0) is 31.6. The number of aliphatic carboxylic acids is 1. The molecule has 4 aliphatic rings. The Balaban J connectivity index is 1.37. The predicted octanol–water partition coefficient (Wildman–Crippen LogP) is 2.45. The van der Waals surface area contributed by atoms with Crippen LogP contribution in [0.5, 0.6) is 5.75 Å². The van der Waals surface area contributed by atoms with E-state index in [1.165, 1.54) is 4.90 Å². The molecule has 0 bridgehead atoms. The van der Waals surface area contributed by atoms with Gasteiger partial charge in [0.25, 0.3) is 5.91 Å². The Morgan fingerprint density at radius 3 is 2.61 bits per heavy atom. The molecule has 3 heterocycles. The van der Waals surface area contributed by atoms with Crippen molar-refractivity contribution in [3.05, 3.63) is 42.0 Å². The number of carboxylic acid groups (broad SMARTS) is 1. The van der Waals surface area contributed by atoms with Gasteiger partial charge in [-0.3, -0.25) is 14.4 Å². The highest BCUT2D eigenvalue weighted by molar-refractivity contribution is 5.96. The Hall–Kier alpha value is -4.09. The van der Waals surface area contributed by atoms with Crippen molar-refractivity contribution in [2.75, 3.05) is 6.54 Å². The smallest absolute Gasteiger partial charge is 0.408 e. The molecule has 0 aromatic heterocycles. The lowest BCUT2D eigenvalue weighted by Crippen LogP contribution is -2.56. The minimum atomic E-state index is -1.44. The lowest BCUT2D eigenvalue weighted by atomic mass is 10.0. The van der Waals surface area contributed by atoms with E-state index in [2.05, 4.69) is 16.0 Å². The summed E-state index contributed by atoms with van der Waals surface area (Å²) in [5.41, 5.74) is -1.30. The van der Waals surface area contributed by atoms with Gasteiger partial charge in [0, 0.05) is 24.9 Å². The molecule has 12 nitrogen and oxygen atoms in total. The highest BCUT2D eigenvalue weighted by atomic mass is 16.6. The van der Waals surface area contributed by atoms with E-state index in [1.807, 2.05) is 30.4 Å². The first-order chi connectivity index (χ1) is 20.9. The first kappa shape index (κ1) is 31.3. The van der Waals surface area contributed by atoms with Gasteiger partial charge in [-0.2, -0.15) is 0 Å². The standard InChI is InChI=1S/C32H42N4O8/c1-31(2,3)44-30(42)34-22-13-8-6-4-5-7-12-20-17-32(20,29(40)41)35-26(37)23-16-21(18-36(23)28(22)39)33-27(38)25-15-19-11-9-10-14-24(19)43-25/h7,9-12,14,20-23,25H,4-6,8,13,15-18H2,1-3H3,(H,33,38)(H,34,42)(H,35,37)(H,40,41)/b12-7-/t20-,21-,22+,23+,25?,32-/m1/s1. The molecule has 0 spiro atoms. The third-order valence-electron chi connectivity index (χ3n) is 8.64. The van der Waals surface area contributed by atoms with Gasteiger partial charge in [0.1, 0.15) is 29.0 Å². The average Bonchev–Trinajstić information content (AvgIpc) is 3.27. The monoisotopic (exact) mass is 610 g/mol. The maximum atomic E-state index is 14.1. The van der Waals surface area contributed by atoms with Crippen molar-refractivity contribution in [2.45, 2.75) is 108 Å². The zero-order valence-electron chi connectivity index (χ0n) is 25.5. The average molecular weight is 611 g/mol. The van der Waals surface area contributed by atoms with Crippen LogP contribution in [0.2, 0.25) is 0 Å². The topological polar surface area (TPSA) is 163 Å². The number of ether oxygens (including phenoxy) is 2. The largest absolute Gasteiger partial charge is 0.480 e. The first-order valence-electron chi connectivity index (χ1n) is 15.4. The fourth-order valence-electron chi connectivity index (χ4n) is 6.28. The molecule has 1 saturated carbocycles. The van der Waals surface area contributed by atoms with Crippen molar-refractivity contribution in [3.8, 4) is 5.75 Å². The van der Waals surface area contributed by atoms with E-state index in [0.717, 1.165) is 24.8 Å². The summed E-state index contributed by atoms with van der Waals surface area (Å²) in [6.45, 7) is 5.19. The minimum Gasteiger partial charge on any atom is -0.480 e. The maximum absolute atomic E-state index is 14.1. The van der Waals surface area contributed by atoms with Gasteiger partial charge < -0.3 is 35.4 Å². The molecule has 1 aromatic carbocycles. The van der Waals surface area contributed by atoms with Gasteiger partial charge >= 0.3 is 12.1 Å².